The van der Waals surface area contributed by atoms with Gasteiger partial charge in [-0.2, -0.15) is 0 Å². The van der Waals surface area contributed by atoms with Crippen LogP contribution in [0.25, 0.3) is 0 Å². The molecule has 1 aliphatic heterocycles. The summed E-state index contributed by atoms with van der Waals surface area (Å²) in [7, 11) is 0. The molecule has 1 N–H and O–H groups in total. The molecule has 210 valence electrons. The number of nitro groups is 1. The van der Waals surface area contributed by atoms with Crippen LogP contribution in [0.1, 0.15) is 29.9 Å². The summed E-state index contributed by atoms with van der Waals surface area (Å²) in [5.41, 5.74) is 2.03. The number of nitro benzene ring substituents is 1. The quantitative estimate of drug-likeness (QED) is 0.294. The van der Waals surface area contributed by atoms with Gasteiger partial charge in [0, 0.05) is 61.5 Å². The third-order valence-corrected chi connectivity index (χ3v) is 7.22. The van der Waals surface area contributed by atoms with Gasteiger partial charge in [-0.1, -0.05) is 32.0 Å². The van der Waals surface area contributed by atoms with Crippen LogP contribution < -0.4 is 10.2 Å². The number of anilines is 2. The molecule has 1 saturated heterocycles. The highest BCUT2D eigenvalue weighted by atomic mass is 32.1. The highest BCUT2D eigenvalue weighted by molar-refractivity contribution is 7.13. The van der Waals surface area contributed by atoms with Crippen molar-refractivity contribution in [3.63, 3.8) is 0 Å². The third-order valence-electron chi connectivity index (χ3n) is 6.42. The van der Waals surface area contributed by atoms with Crippen molar-refractivity contribution in [3.05, 3.63) is 81.3 Å². The summed E-state index contributed by atoms with van der Waals surface area (Å²) >= 11 is 1.24. The SMILES string of the molecule is CC(C)CN(CC(=O)Nc1nc(CC(=O)N2CCN(c3ccc([N+](=O)[O-])cc3)CC2)cs1)C(=O)c1ccccc1. The number of hydrogen-bond acceptors (Lipinski definition) is 8. The molecule has 4 rings (SSSR count). The van der Waals surface area contributed by atoms with Crippen molar-refractivity contribution in [2.75, 3.05) is 49.5 Å². The molecule has 0 aliphatic carbocycles. The molecule has 0 spiro atoms. The van der Waals surface area contributed by atoms with Gasteiger partial charge < -0.3 is 20.0 Å². The lowest BCUT2D eigenvalue weighted by Crippen LogP contribution is -2.49. The summed E-state index contributed by atoms with van der Waals surface area (Å²) in [6, 6.07) is 15.3. The first kappa shape index (κ1) is 28.7. The van der Waals surface area contributed by atoms with E-state index in [1.807, 2.05) is 19.9 Å². The molecule has 12 heteroatoms. The molecule has 2 heterocycles. The molecule has 2 aromatic carbocycles. The standard InChI is InChI=1S/C28H32N6O5S/c1-20(2)17-33(27(37)21-6-4-3-5-7-21)18-25(35)30-28-29-22(19-40-28)16-26(36)32-14-12-31(13-15-32)23-8-10-24(11-9-23)34(38)39/h3-11,19-20H,12-18H2,1-2H3,(H,29,30,35). The molecule has 1 fully saturated rings. The van der Waals surface area contributed by atoms with Crippen molar-refractivity contribution in [3.8, 4) is 0 Å². The van der Waals surface area contributed by atoms with E-state index in [1.54, 1.807) is 46.7 Å². The molecule has 0 saturated carbocycles. The number of nitrogens with one attached hydrogen (secondary N) is 1. The number of aromatic nitrogens is 1. The average Bonchev–Trinajstić information content (AvgIpc) is 3.38. The van der Waals surface area contributed by atoms with Crippen LogP contribution in [0, 0.1) is 16.0 Å². The van der Waals surface area contributed by atoms with E-state index in [-0.39, 0.29) is 42.3 Å². The fourth-order valence-corrected chi connectivity index (χ4v) is 5.19. The van der Waals surface area contributed by atoms with Gasteiger partial charge in [-0.05, 0) is 30.2 Å². The Hall–Kier alpha value is -4.32. The first-order valence-corrected chi connectivity index (χ1v) is 13.9. The molecule has 3 aromatic rings. The first-order valence-electron chi connectivity index (χ1n) is 13.1. The number of piperazine rings is 1. The summed E-state index contributed by atoms with van der Waals surface area (Å²) in [5, 5.41) is 15.8. The van der Waals surface area contributed by atoms with E-state index in [2.05, 4.69) is 15.2 Å². The number of carbonyl (C=O) groups excluding carboxylic acids is 3. The van der Waals surface area contributed by atoms with E-state index in [9.17, 15) is 24.5 Å². The van der Waals surface area contributed by atoms with Crippen molar-refractivity contribution >= 4 is 45.6 Å². The van der Waals surface area contributed by atoms with Crippen LogP contribution in [-0.4, -0.2) is 76.7 Å². The number of non-ortho nitro benzene ring substituents is 1. The van der Waals surface area contributed by atoms with E-state index < -0.39 is 4.92 Å². The minimum Gasteiger partial charge on any atom is -0.368 e. The second-order valence-corrected chi connectivity index (χ2v) is 10.8. The van der Waals surface area contributed by atoms with Gasteiger partial charge in [0.25, 0.3) is 11.6 Å². The Bertz CT molecular complexity index is 1340. The van der Waals surface area contributed by atoms with Gasteiger partial charge in [-0.3, -0.25) is 24.5 Å². The fourth-order valence-electron chi connectivity index (χ4n) is 4.47. The molecule has 0 radical (unpaired) electrons. The summed E-state index contributed by atoms with van der Waals surface area (Å²) in [6.07, 6.45) is 0.121. The van der Waals surface area contributed by atoms with Crippen molar-refractivity contribution in [2.45, 2.75) is 20.3 Å². The second kappa shape index (κ2) is 13.2. The minimum atomic E-state index is -0.426. The van der Waals surface area contributed by atoms with Crippen molar-refractivity contribution in [1.82, 2.24) is 14.8 Å². The van der Waals surface area contributed by atoms with Crippen molar-refractivity contribution < 1.29 is 19.3 Å². The molecular weight excluding hydrogens is 532 g/mol. The molecule has 1 aliphatic rings. The van der Waals surface area contributed by atoms with Gasteiger partial charge in [-0.25, -0.2) is 4.98 Å². The van der Waals surface area contributed by atoms with E-state index in [1.165, 1.54) is 28.4 Å². The average molecular weight is 565 g/mol. The Morgan fingerprint density at radius 2 is 1.73 bits per heavy atom. The monoisotopic (exact) mass is 564 g/mol. The van der Waals surface area contributed by atoms with Gasteiger partial charge in [-0.15, -0.1) is 11.3 Å². The van der Waals surface area contributed by atoms with Crippen LogP contribution in [-0.2, 0) is 16.0 Å². The van der Waals surface area contributed by atoms with Gasteiger partial charge in [0.1, 0.15) is 6.54 Å². The predicted octanol–water partition coefficient (Wildman–Crippen LogP) is 3.68. The van der Waals surface area contributed by atoms with Gasteiger partial charge in [0.05, 0.1) is 17.0 Å². The lowest BCUT2D eigenvalue weighted by atomic mass is 10.1. The third kappa shape index (κ3) is 7.63. The fraction of sp³-hybridized carbons (Fsp3) is 0.357. The van der Waals surface area contributed by atoms with E-state index >= 15 is 0 Å². The van der Waals surface area contributed by atoms with E-state index in [0.29, 0.717) is 49.1 Å². The Labute approximate surface area is 236 Å². The lowest BCUT2D eigenvalue weighted by Gasteiger charge is -2.36. The zero-order valence-corrected chi connectivity index (χ0v) is 23.3. The number of rotatable bonds is 10. The number of nitrogens with zero attached hydrogens (tertiary/aromatic N) is 5. The van der Waals surface area contributed by atoms with Gasteiger partial charge in [0.15, 0.2) is 5.13 Å². The largest absolute Gasteiger partial charge is 0.368 e. The minimum absolute atomic E-state index is 0.0462. The van der Waals surface area contributed by atoms with Crippen LogP contribution in [0.5, 0.6) is 0 Å². The number of thiazole rings is 1. The summed E-state index contributed by atoms with van der Waals surface area (Å²) in [6.45, 7) is 6.63. The molecule has 3 amide bonds. The molecule has 40 heavy (non-hydrogen) atoms. The number of hydrogen-bond donors (Lipinski definition) is 1. The smallest absolute Gasteiger partial charge is 0.269 e. The zero-order valence-electron chi connectivity index (χ0n) is 22.5. The summed E-state index contributed by atoms with van der Waals surface area (Å²) in [5.74, 6) is -0.417. The topological polar surface area (TPSA) is 129 Å². The Morgan fingerprint density at radius 1 is 1.05 bits per heavy atom. The number of benzene rings is 2. The Kier molecular flexibility index (Phi) is 9.43. The maximum absolute atomic E-state index is 12.9. The van der Waals surface area contributed by atoms with Crippen LogP contribution >= 0.6 is 11.3 Å². The molecular formula is C28H32N6O5S. The lowest BCUT2D eigenvalue weighted by molar-refractivity contribution is -0.384. The predicted molar refractivity (Wildman–Crippen MR) is 154 cm³/mol. The van der Waals surface area contributed by atoms with Crippen LogP contribution in [0.3, 0.4) is 0 Å². The zero-order chi connectivity index (χ0) is 28.6. The molecule has 1 aromatic heterocycles. The molecule has 11 nitrogen and oxygen atoms in total. The molecule has 0 unspecified atom stereocenters. The van der Waals surface area contributed by atoms with E-state index in [4.69, 9.17) is 0 Å². The second-order valence-electron chi connectivity index (χ2n) is 9.96. The highest BCUT2D eigenvalue weighted by Crippen LogP contribution is 2.22. The van der Waals surface area contributed by atoms with Crippen molar-refractivity contribution in [2.24, 2.45) is 5.92 Å². The maximum atomic E-state index is 12.9. The van der Waals surface area contributed by atoms with Gasteiger partial charge >= 0.3 is 0 Å². The Balaban J connectivity index is 1.27. The number of carbonyl (C=O) groups is 3. The highest BCUT2D eigenvalue weighted by Gasteiger charge is 2.24. The Morgan fingerprint density at radius 3 is 2.35 bits per heavy atom. The van der Waals surface area contributed by atoms with Crippen molar-refractivity contribution in [1.29, 1.82) is 0 Å². The maximum Gasteiger partial charge on any atom is 0.269 e. The summed E-state index contributed by atoms with van der Waals surface area (Å²) < 4.78 is 0. The normalized spacial score (nSPS) is 13.3. The van der Waals surface area contributed by atoms with E-state index in [0.717, 1.165) is 5.69 Å². The van der Waals surface area contributed by atoms with Crippen LogP contribution in [0.2, 0.25) is 0 Å². The first-order chi connectivity index (χ1) is 19.2. The molecule has 0 bridgehead atoms. The van der Waals surface area contributed by atoms with Gasteiger partial charge in [0.2, 0.25) is 11.8 Å². The van der Waals surface area contributed by atoms with Crippen LogP contribution in [0.4, 0.5) is 16.5 Å². The molecule has 0 atom stereocenters. The van der Waals surface area contributed by atoms with Crippen LogP contribution in [0.15, 0.2) is 60.0 Å². The number of amides is 3. The summed E-state index contributed by atoms with van der Waals surface area (Å²) in [4.78, 5) is 58.9.